The molecule has 0 aromatic heterocycles. The van der Waals surface area contributed by atoms with Crippen LogP contribution in [-0.2, 0) is 14.3 Å². The second-order valence-corrected chi connectivity index (χ2v) is 4.38. The number of aliphatic carboxylic acids is 1. The lowest BCUT2D eigenvalue weighted by molar-refractivity contribution is -0.140. The fraction of sp³-hybridized carbons (Fsp3) is 0.727. The minimum atomic E-state index is -1.33. The van der Waals surface area contributed by atoms with Gasteiger partial charge in [0.25, 0.3) is 0 Å². The number of carboxylic acids is 1. The van der Waals surface area contributed by atoms with E-state index in [-0.39, 0.29) is 6.54 Å². The van der Waals surface area contributed by atoms with Crippen LogP contribution in [0, 0.1) is 0 Å². The minimum absolute atomic E-state index is 0.238. The number of nitrogens with zero attached hydrogens (tertiary/aromatic N) is 1. The van der Waals surface area contributed by atoms with Crippen LogP contribution in [0.4, 0.5) is 4.79 Å². The van der Waals surface area contributed by atoms with Gasteiger partial charge in [0, 0.05) is 13.1 Å². The lowest BCUT2D eigenvalue weighted by Crippen LogP contribution is -2.48. The first-order valence-electron chi connectivity index (χ1n) is 6.11. The average molecular weight is 290 g/mol. The van der Waals surface area contributed by atoms with E-state index in [4.69, 9.17) is 15.6 Å². The summed E-state index contributed by atoms with van der Waals surface area (Å²) in [5.41, 5.74) is 4.89. The Bertz CT molecular complexity index is 335. The largest absolute Gasteiger partial charge is 0.480 e. The number of rotatable bonds is 10. The fourth-order valence-corrected chi connectivity index (χ4v) is 1.20. The first kappa shape index (κ1) is 18.1. The van der Waals surface area contributed by atoms with Crippen LogP contribution in [-0.4, -0.2) is 74.4 Å². The van der Waals surface area contributed by atoms with E-state index in [9.17, 15) is 14.4 Å². The molecule has 0 heterocycles. The Labute approximate surface area is 117 Å². The maximum Gasteiger partial charge on any atom is 0.326 e. The van der Waals surface area contributed by atoms with Crippen LogP contribution in [0.1, 0.15) is 6.42 Å². The summed E-state index contributed by atoms with van der Waals surface area (Å²) in [7, 11) is 3.83. The molecule has 0 unspecified atom stereocenters. The maximum absolute atomic E-state index is 11.4. The van der Waals surface area contributed by atoms with Gasteiger partial charge in [0.05, 0.1) is 19.6 Å². The van der Waals surface area contributed by atoms with E-state index in [1.807, 2.05) is 19.0 Å². The van der Waals surface area contributed by atoms with Gasteiger partial charge in [-0.05, 0) is 14.1 Å². The van der Waals surface area contributed by atoms with E-state index >= 15 is 0 Å². The van der Waals surface area contributed by atoms with Crippen molar-refractivity contribution in [3.63, 3.8) is 0 Å². The Morgan fingerprint density at radius 3 is 2.45 bits per heavy atom. The monoisotopic (exact) mass is 290 g/mol. The molecular formula is C11H22N4O5. The number of hydrogen-bond acceptors (Lipinski definition) is 5. The summed E-state index contributed by atoms with van der Waals surface area (Å²) < 4.78 is 5.24. The molecule has 0 saturated carbocycles. The molecule has 3 amide bonds. The molecule has 9 heteroatoms. The maximum atomic E-state index is 11.4. The number of amides is 3. The zero-order valence-electron chi connectivity index (χ0n) is 11.7. The summed E-state index contributed by atoms with van der Waals surface area (Å²) in [4.78, 5) is 34.8. The molecular weight excluding hydrogens is 268 g/mol. The van der Waals surface area contributed by atoms with Crippen LogP contribution in [0.3, 0.4) is 0 Å². The smallest absolute Gasteiger partial charge is 0.326 e. The SMILES string of the molecule is CN(C)CCOCCNC(=O)N[C@@H](CC(N)=O)C(=O)O. The van der Waals surface area contributed by atoms with Gasteiger partial charge in [-0.2, -0.15) is 0 Å². The predicted molar refractivity (Wildman–Crippen MR) is 71.1 cm³/mol. The first-order valence-corrected chi connectivity index (χ1v) is 6.11. The topological polar surface area (TPSA) is 134 Å². The van der Waals surface area contributed by atoms with E-state index in [2.05, 4.69) is 10.6 Å². The van der Waals surface area contributed by atoms with Gasteiger partial charge in [-0.3, -0.25) is 4.79 Å². The minimum Gasteiger partial charge on any atom is -0.480 e. The molecule has 0 aromatic rings. The Morgan fingerprint density at radius 2 is 1.95 bits per heavy atom. The van der Waals surface area contributed by atoms with E-state index in [1.165, 1.54) is 0 Å². The van der Waals surface area contributed by atoms with Crippen molar-refractivity contribution >= 4 is 17.9 Å². The Hall–Kier alpha value is -1.87. The summed E-state index contributed by atoms with van der Waals surface area (Å²) in [6, 6.07) is -2.02. The molecule has 0 aromatic carbocycles. The number of carboxylic acid groups (broad SMARTS) is 1. The first-order chi connectivity index (χ1) is 9.32. The summed E-state index contributed by atoms with van der Waals surface area (Å²) in [6.45, 7) is 1.86. The van der Waals surface area contributed by atoms with Crippen molar-refractivity contribution in [3.8, 4) is 0 Å². The second kappa shape index (κ2) is 9.98. The Morgan fingerprint density at radius 1 is 1.30 bits per heavy atom. The third kappa shape index (κ3) is 10.1. The van der Waals surface area contributed by atoms with Gasteiger partial charge in [-0.1, -0.05) is 0 Å². The van der Waals surface area contributed by atoms with Crippen molar-refractivity contribution in [3.05, 3.63) is 0 Å². The van der Waals surface area contributed by atoms with Crippen molar-refractivity contribution in [2.75, 3.05) is 40.4 Å². The molecule has 0 radical (unpaired) electrons. The number of likely N-dealkylation sites (N-methyl/N-ethyl adjacent to an activating group) is 1. The normalized spacial score (nSPS) is 11.9. The van der Waals surface area contributed by atoms with Crippen molar-refractivity contribution in [2.24, 2.45) is 5.73 Å². The van der Waals surface area contributed by atoms with Gasteiger partial charge in [-0.15, -0.1) is 0 Å². The van der Waals surface area contributed by atoms with E-state index in [1.54, 1.807) is 0 Å². The quantitative estimate of drug-likeness (QED) is 0.350. The molecule has 1 atom stereocenters. The summed E-state index contributed by atoms with van der Waals surface area (Å²) in [6.07, 6.45) is -0.456. The number of nitrogens with one attached hydrogen (secondary N) is 2. The lowest BCUT2D eigenvalue weighted by Gasteiger charge is -2.14. The Kier molecular flexibility index (Phi) is 9.05. The molecule has 0 rings (SSSR count). The van der Waals surface area contributed by atoms with Gasteiger partial charge >= 0.3 is 12.0 Å². The number of urea groups is 1. The summed E-state index contributed by atoms with van der Waals surface area (Å²) in [5, 5.41) is 13.4. The molecule has 0 bridgehead atoms. The van der Waals surface area contributed by atoms with E-state index < -0.39 is 30.4 Å². The van der Waals surface area contributed by atoms with Gasteiger partial charge in [0.2, 0.25) is 5.91 Å². The van der Waals surface area contributed by atoms with Crippen LogP contribution in [0.5, 0.6) is 0 Å². The zero-order chi connectivity index (χ0) is 15.5. The number of carbonyl (C=O) groups excluding carboxylic acids is 2. The number of nitrogens with two attached hydrogens (primary N) is 1. The molecule has 5 N–H and O–H groups in total. The van der Waals surface area contributed by atoms with Crippen LogP contribution in [0.2, 0.25) is 0 Å². The fourth-order valence-electron chi connectivity index (χ4n) is 1.20. The molecule has 0 aliphatic rings. The van der Waals surface area contributed by atoms with Gasteiger partial charge in [0.1, 0.15) is 6.04 Å². The highest BCUT2D eigenvalue weighted by molar-refractivity contribution is 5.87. The molecule has 0 fully saturated rings. The van der Waals surface area contributed by atoms with Crippen LogP contribution < -0.4 is 16.4 Å². The molecule has 9 nitrogen and oxygen atoms in total. The molecule has 0 saturated heterocycles. The van der Waals surface area contributed by atoms with Crippen LogP contribution in [0.15, 0.2) is 0 Å². The van der Waals surface area contributed by atoms with Crippen LogP contribution >= 0.6 is 0 Å². The highest BCUT2D eigenvalue weighted by atomic mass is 16.5. The van der Waals surface area contributed by atoms with Crippen molar-refractivity contribution in [1.29, 1.82) is 0 Å². The lowest BCUT2D eigenvalue weighted by atomic mass is 10.2. The third-order valence-electron chi connectivity index (χ3n) is 2.22. The predicted octanol–water partition coefficient (Wildman–Crippen LogP) is -1.81. The van der Waals surface area contributed by atoms with Crippen molar-refractivity contribution in [1.82, 2.24) is 15.5 Å². The van der Waals surface area contributed by atoms with Crippen molar-refractivity contribution < 1.29 is 24.2 Å². The number of primary amides is 1. The molecule has 0 spiro atoms. The molecule has 20 heavy (non-hydrogen) atoms. The van der Waals surface area contributed by atoms with Gasteiger partial charge in [0.15, 0.2) is 0 Å². The number of ether oxygens (including phenoxy) is 1. The number of carbonyl (C=O) groups is 3. The highest BCUT2D eigenvalue weighted by Crippen LogP contribution is 1.91. The summed E-state index contributed by atoms with van der Waals surface area (Å²) >= 11 is 0. The van der Waals surface area contributed by atoms with Gasteiger partial charge in [-0.25, -0.2) is 9.59 Å². The average Bonchev–Trinajstić information content (AvgIpc) is 2.31. The van der Waals surface area contributed by atoms with Crippen LogP contribution in [0.25, 0.3) is 0 Å². The molecule has 116 valence electrons. The molecule has 0 aliphatic carbocycles. The standard InChI is InChI=1S/C11H22N4O5/c1-15(2)4-6-20-5-3-13-11(19)14-8(10(17)18)7-9(12)16/h8H,3-7H2,1-2H3,(H2,12,16)(H,17,18)(H2,13,14,19)/t8-/m0/s1. The number of hydrogen-bond donors (Lipinski definition) is 4. The zero-order valence-corrected chi connectivity index (χ0v) is 11.7. The van der Waals surface area contributed by atoms with E-state index in [0.29, 0.717) is 13.2 Å². The Balaban J connectivity index is 3.80. The molecule has 0 aliphatic heterocycles. The third-order valence-corrected chi connectivity index (χ3v) is 2.22. The second-order valence-electron chi connectivity index (χ2n) is 4.38. The summed E-state index contributed by atoms with van der Waals surface area (Å²) in [5.74, 6) is -2.12. The highest BCUT2D eigenvalue weighted by Gasteiger charge is 2.21. The van der Waals surface area contributed by atoms with Gasteiger partial charge < -0.3 is 31.1 Å². The van der Waals surface area contributed by atoms with E-state index in [0.717, 1.165) is 6.54 Å². The van der Waals surface area contributed by atoms with Crippen molar-refractivity contribution in [2.45, 2.75) is 12.5 Å².